The molecule has 0 spiro atoms. The zero-order valence-electron chi connectivity index (χ0n) is 8.12. The van der Waals surface area contributed by atoms with Crippen molar-refractivity contribution in [2.45, 2.75) is 18.9 Å². The van der Waals surface area contributed by atoms with Crippen molar-refractivity contribution < 1.29 is 0 Å². The van der Waals surface area contributed by atoms with Crippen LogP contribution >= 0.6 is 23.1 Å². The zero-order chi connectivity index (χ0) is 9.52. The fourth-order valence-corrected chi connectivity index (χ4v) is 2.39. The first-order valence-electron chi connectivity index (χ1n) is 4.40. The number of nitrogens with one attached hydrogen (secondary N) is 1. The molecule has 0 fully saturated rings. The molecule has 1 aromatic heterocycles. The molecule has 1 heterocycles. The Morgan fingerprint density at radius 2 is 2.54 bits per heavy atom. The van der Waals surface area contributed by atoms with Gasteiger partial charge in [-0.1, -0.05) is 0 Å². The summed E-state index contributed by atoms with van der Waals surface area (Å²) in [6.07, 6.45) is 6.46. The highest BCUT2D eigenvalue weighted by atomic mass is 32.2. The predicted molar refractivity (Wildman–Crippen MR) is 61.7 cm³/mol. The molecule has 1 rings (SSSR count). The lowest BCUT2D eigenvalue weighted by atomic mass is 10.1. The molecule has 1 atom stereocenters. The van der Waals surface area contributed by atoms with E-state index in [0.717, 1.165) is 6.42 Å². The molecule has 1 unspecified atom stereocenters. The summed E-state index contributed by atoms with van der Waals surface area (Å²) in [5.41, 5.74) is 1.90. The van der Waals surface area contributed by atoms with Crippen molar-refractivity contribution in [1.29, 1.82) is 0 Å². The third-order valence-corrected chi connectivity index (χ3v) is 3.46. The topological polar surface area (TPSA) is 24.9 Å². The minimum Gasteiger partial charge on any atom is -0.317 e. The third kappa shape index (κ3) is 4.11. The molecule has 1 aromatic rings. The summed E-state index contributed by atoms with van der Waals surface area (Å²) in [5.74, 6) is 1.23. The highest BCUT2D eigenvalue weighted by molar-refractivity contribution is 7.98. The van der Waals surface area contributed by atoms with Gasteiger partial charge in [-0.3, -0.25) is 4.98 Å². The van der Waals surface area contributed by atoms with Gasteiger partial charge in [-0.25, -0.2) is 0 Å². The van der Waals surface area contributed by atoms with Crippen molar-refractivity contribution in [3.8, 4) is 0 Å². The fraction of sp³-hybridized carbons (Fsp3) is 0.667. The van der Waals surface area contributed by atoms with Crippen LogP contribution in [0.4, 0.5) is 0 Å². The van der Waals surface area contributed by atoms with Crippen LogP contribution in [0, 0.1) is 0 Å². The normalized spacial score (nSPS) is 13.1. The maximum Gasteiger partial charge on any atom is 0.0794 e. The number of hydrogen-bond donors (Lipinski definition) is 1. The Kier molecular flexibility index (Phi) is 5.43. The van der Waals surface area contributed by atoms with Crippen LogP contribution < -0.4 is 5.32 Å². The Balaban J connectivity index is 2.31. The third-order valence-electron chi connectivity index (χ3n) is 2.01. The van der Waals surface area contributed by atoms with Crippen LogP contribution in [0.15, 0.2) is 11.7 Å². The molecule has 1 N–H and O–H groups in total. The highest BCUT2D eigenvalue weighted by Crippen LogP contribution is 2.11. The standard InChI is InChI=1S/C9H16N2S2/c1-10-8(3-4-12-2)5-9-6-11-7-13-9/h6-8,10H,3-5H2,1-2H3. The lowest BCUT2D eigenvalue weighted by molar-refractivity contribution is 0.550. The first kappa shape index (κ1) is 11.0. The van der Waals surface area contributed by atoms with E-state index in [9.17, 15) is 0 Å². The van der Waals surface area contributed by atoms with Gasteiger partial charge < -0.3 is 5.32 Å². The number of nitrogens with zero attached hydrogens (tertiary/aromatic N) is 1. The second kappa shape index (κ2) is 6.40. The Labute approximate surface area is 88.2 Å². The molecule has 0 saturated heterocycles. The summed E-state index contributed by atoms with van der Waals surface area (Å²) in [7, 11) is 2.03. The van der Waals surface area contributed by atoms with Gasteiger partial charge in [-0.05, 0) is 31.9 Å². The quantitative estimate of drug-likeness (QED) is 0.787. The molecule has 0 aromatic carbocycles. The average molecular weight is 216 g/mol. The molecule has 13 heavy (non-hydrogen) atoms. The molecule has 0 radical (unpaired) electrons. The number of likely N-dealkylation sites (N-methyl/N-ethyl adjacent to an activating group) is 1. The molecule has 0 saturated carbocycles. The molecule has 0 aliphatic carbocycles. The summed E-state index contributed by atoms with van der Waals surface area (Å²) in [5, 5.41) is 3.34. The van der Waals surface area contributed by atoms with Gasteiger partial charge in [0, 0.05) is 17.1 Å². The fourth-order valence-electron chi connectivity index (χ4n) is 1.19. The van der Waals surface area contributed by atoms with Crippen molar-refractivity contribution in [3.05, 3.63) is 16.6 Å². The van der Waals surface area contributed by atoms with E-state index < -0.39 is 0 Å². The number of hydrogen-bond acceptors (Lipinski definition) is 4. The van der Waals surface area contributed by atoms with E-state index >= 15 is 0 Å². The Bertz CT molecular complexity index is 211. The zero-order valence-corrected chi connectivity index (χ0v) is 9.75. The van der Waals surface area contributed by atoms with Gasteiger partial charge in [-0.2, -0.15) is 11.8 Å². The smallest absolute Gasteiger partial charge is 0.0794 e. The van der Waals surface area contributed by atoms with E-state index in [1.165, 1.54) is 17.1 Å². The van der Waals surface area contributed by atoms with Crippen LogP contribution in [0.25, 0.3) is 0 Å². The monoisotopic (exact) mass is 216 g/mol. The van der Waals surface area contributed by atoms with Crippen molar-refractivity contribution in [3.63, 3.8) is 0 Å². The molecule has 0 aliphatic heterocycles. The molecule has 74 valence electrons. The minimum atomic E-state index is 0.605. The lowest BCUT2D eigenvalue weighted by Gasteiger charge is -2.13. The van der Waals surface area contributed by atoms with Crippen LogP contribution in [0.5, 0.6) is 0 Å². The molecular formula is C9H16N2S2. The number of thioether (sulfide) groups is 1. The summed E-state index contributed by atoms with van der Waals surface area (Å²) in [6.45, 7) is 0. The van der Waals surface area contributed by atoms with E-state index in [1.807, 2.05) is 30.5 Å². The minimum absolute atomic E-state index is 0.605. The molecule has 0 bridgehead atoms. The number of rotatable bonds is 6. The Morgan fingerprint density at radius 3 is 3.08 bits per heavy atom. The van der Waals surface area contributed by atoms with Crippen LogP contribution in [0.3, 0.4) is 0 Å². The van der Waals surface area contributed by atoms with Crippen molar-refractivity contribution in [2.75, 3.05) is 19.1 Å². The second-order valence-corrected chi connectivity index (χ2v) is 4.90. The van der Waals surface area contributed by atoms with Crippen LogP contribution in [0.2, 0.25) is 0 Å². The first-order chi connectivity index (χ1) is 6.36. The van der Waals surface area contributed by atoms with Crippen LogP contribution in [0.1, 0.15) is 11.3 Å². The number of aromatic nitrogens is 1. The average Bonchev–Trinajstić information content (AvgIpc) is 2.64. The first-order valence-corrected chi connectivity index (χ1v) is 6.67. The molecular weight excluding hydrogens is 200 g/mol. The molecule has 4 heteroatoms. The second-order valence-electron chi connectivity index (χ2n) is 2.94. The van der Waals surface area contributed by atoms with Crippen molar-refractivity contribution >= 4 is 23.1 Å². The van der Waals surface area contributed by atoms with Crippen LogP contribution in [-0.4, -0.2) is 30.1 Å². The van der Waals surface area contributed by atoms with Crippen LogP contribution in [-0.2, 0) is 6.42 Å². The summed E-state index contributed by atoms with van der Waals surface area (Å²) in [6, 6.07) is 0.605. The molecule has 0 amide bonds. The highest BCUT2D eigenvalue weighted by Gasteiger charge is 2.07. The lowest BCUT2D eigenvalue weighted by Crippen LogP contribution is -2.27. The predicted octanol–water partition coefficient (Wildman–Crippen LogP) is 2.03. The van der Waals surface area contributed by atoms with Gasteiger partial charge in [0.1, 0.15) is 0 Å². The van der Waals surface area contributed by atoms with Crippen molar-refractivity contribution in [2.24, 2.45) is 0 Å². The van der Waals surface area contributed by atoms with Gasteiger partial charge in [-0.15, -0.1) is 11.3 Å². The SMILES string of the molecule is CNC(CCSC)Cc1cncs1. The van der Waals surface area contributed by atoms with Gasteiger partial charge in [0.25, 0.3) is 0 Å². The Morgan fingerprint density at radius 1 is 1.69 bits per heavy atom. The number of thiazole rings is 1. The van der Waals surface area contributed by atoms with Gasteiger partial charge in [0.15, 0.2) is 0 Å². The van der Waals surface area contributed by atoms with Gasteiger partial charge in [0.2, 0.25) is 0 Å². The largest absolute Gasteiger partial charge is 0.317 e. The van der Waals surface area contributed by atoms with Gasteiger partial charge in [0.05, 0.1) is 5.51 Å². The van der Waals surface area contributed by atoms with Gasteiger partial charge >= 0.3 is 0 Å². The van der Waals surface area contributed by atoms with E-state index in [2.05, 4.69) is 16.6 Å². The van der Waals surface area contributed by atoms with E-state index in [1.54, 1.807) is 11.3 Å². The van der Waals surface area contributed by atoms with E-state index in [-0.39, 0.29) is 0 Å². The summed E-state index contributed by atoms with van der Waals surface area (Å²) >= 11 is 3.65. The maximum atomic E-state index is 4.08. The van der Waals surface area contributed by atoms with E-state index in [0.29, 0.717) is 6.04 Å². The van der Waals surface area contributed by atoms with E-state index in [4.69, 9.17) is 0 Å². The summed E-state index contributed by atoms with van der Waals surface area (Å²) in [4.78, 5) is 5.45. The molecule has 0 aliphatic rings. The summed E-state index contributed by atoms with van der Waals surface area (Å²) < 4.78 is 0. The molecule has 2 nitrogen and oxygen atoms in total. The van der Waals surface area contributed by atoms with Crippen molar-refractivity contribution in [1.82, 2.24) is 10.3 Å². The Hall–Kier alpha value is -0.0600. The maximum absolute atomic E-state index is 4.08.